The fraction of sp³-hybridized carbons (Fsp3) is 0.429. The number of hydrogen-bond donors (Lipinski definition) is 1. The Balaban J connectivity index is 2.14. The van der Waals surface area contributed by atoms with E-state index in [-0.39, 0.29) is 12.6 Å². The summed E-state index contributed by atoms with van der Waals surface area (Å²) >= 11 is 3.46. The molecule has 0 aliphatic carbocycles. The first-order valence-electron chi connectivity index (χ1n) is 6.54. The van der Waals surface area contributed by atoms with Crippen LogP contribution in [0.2, 0.25) is 0 Å². The molecule has 1 aromatic carbocycles. The highest BCUT2D eigenvalue weighted by molar-refractivity contribution is 9.10. The second-order valence-corrected chi connectivity index (χ2v) is 5.38. The highest BCUT2D eigenvalue weighted by Gasteiger charge is 2.12. The van der Waals surface area contributed by atoms with Gasteiger partial charge in [0.1, 0.15) is 5.75 Å². The summed E-state index contributed by atoms with van der Waals surface area (Å²) < 4.78 is 12.1. The monoisotopic (exact) mass is 339 g/mol. The molecule has 1 N–H and O–H groups in total. The van der Waals surface area contributed by atoms with Gasteiger partial charge in [0.15, 0.2) is 6.61 Å². The molecule has 0 bridgehead atoms. The van der Waals surface area contributed by atoms with Crippen LogP contribution < -0.4 is 10.1 Å². The van der Waals surface area contributed by atoms with Crippen molar-refractivity contribution < 1.29 is 9.15 Å². The Morgan fingerprint density at radius 1 is 1.40 bits per heavy atom. The molecule has 0 radical (unpaired) electrons. The molecule has 108 valence electrons. The van der Waals surface area contributed by atoms with E-state index in [0.29, 0.717) is 11.8 Å². The van der Waals surface area contributed by atoms with Gasteiger partial charge < -0.3 is 14.5 Å². The molecule has 1 heterocycles. The Hall–Kier alpha value is -1.40. The van der Waals surface area contributed by atoms with Gasteiger partial charge in [-0.3, -0.25) is 0 Å². The van der Waals surface area contributed by atoms with Gasteiger partial charge in [-0.1, -0.05) is 28.9 Å². The number of hydrogen-bond acceptors (Lipinski definition) is 5. The van der Waals surface area contributed by atoms with Gasteiger partial charge in [0.2, 0.25) is 5.89 Å². The average molecular weight is 340 g/mol. The fourth-order valence-electron chi connectivity index (χ4n) is 1.94. The number of nitrogens with zero attached hydrogens (tertiary/aromatic N) is 2. The zero-order valence-corrected chi connectivity index (χ0v) is 13.4. The summed E-state index contributed by atoms with van der Waals surface area (Å²) in [6.07, 6.45) is 0. The third-order valence-corrected chi connectivity index (χ3v) is 3.36. The summed E-state index contributed by atoms with van der Waals surface area (Å²) in [6.45, 7) is 7.12. The van der Waals surface area contributed by atoms with Crippen LogP contribution in [0.3, 0.4) is 0 Å². The molecule has 1 atom stereocenters. The number of ether oxygens (including phenoxy) is 1. The van der Waals surface area contributed by atoms with Crippen molar-refractivity contribution in [2.75, 3.05) is 6.54 Å². The van der Waals surface area contributed by atoms with Crippen molar-refractivity contribution in [3.63, 3.8) is 0 Å². The Bertz CT molecular complexity index is 571. The predicted octanol–water partition coefficient (Wildman–Crippen LogP) is 3.39. The number of aryl methyl sites for hydroxylation is 1. The van der Waals surface area contributed by atoms with Gasteiger partial charge in [-0.15, -0.1) is 10.2 Å². The van der Waals surface area contributed by atoms with E-state index in [1.54, 1.807) is 6.92 Å². The van der Waals surface area contributed by atoms with Crippen molar-refractivity contribution in [3.05, 3.63) is 40.0 Å². The highest BCUT2D eigenvalue weighted by Crippen LogP contribution is 2.29. The van der Waals surface area contributed by atoms with Crippen LogP contribution in [0, 0.1) is 6.92 Å². The smallest absolute Gasteiger partial charge is 0.253 e. The van der Waals surface area contributed by atoms with Gasteiger partial charge in [-0.25, -0.2) is 0 Å². The minimum absolute atomic E-state index is 0.215. The van der Waals surface area contributed by atoms with E-state index in [1.165, 1.54) is 0 Å². The quantitative estimate of drug-likeness (QED) is 0.873. The molecule has 2 aromatic rings. The summed E-state index contributed by atoms with van der Waals surface area (Å²) in [5.41, 5.74) is 1.10. The van der Waals surface area contributed by atoms with Crippen LogP contribution in [0.4, 0.5) is 0 Å². The minimum Gasteiger partial charge on any atom is -0.483 e. The molecule has 0 saturated carbocycles. The largest absolute Gasteiger partial charge is 0.483 e. The first-order valence-corrected chi connectivity index (χ1v) is 7.34. The Labute approximate surface area is 126 Å². The molecule has 2 rings (SSSR count). The number of aromatic nitrogens is 2. The lowest BCUT2D eigenvalue weighted by atomic mass is 10.1. The van der Waals surface area contributed by atoms with Crippen LogP contribution >= 0.6 is 15.9 Å². The maximum Gasteiger partial charge on any atom is 0.253 e. The SMILES string of the molecule is CCNC(C)c1ccc(Br)cc1OCc1nnc(C)o1. The molecular weight excluding hydrogens is 322 g/mol. The van der Waals surface area contributed by atoms with Crippen LogP contribution in [-0.2, 0) is 6.61 Å². The van der Waals surface area contributed by atoms with E-state index in [1.807, 2.05) is 18.2 Å². The van der Waals surface area contributed by atoms with Crippen LogP contribution in [-0.4, -0.2) is 16.7 Å². The van der Waals surface area contributed by atoms with Crippen molar-refractivity contribution in [1.29, 1.82) is 0 Å². The van der Waals surface area contributed by atoms with Gasteiger partial charge in [0.25, 0.3) is 5.89 Å². The third-order valence-electron chi connectivity index (χ3n) is 2.87. The van der Waals surface area contributed by atoms with Gasteiger partial charge in [-0.2, -0.15) is 0 Å². The molecule has 0 aliphatic rings. The molecule has 0 saturated heterocycles. The number of rotatable bonds is 6. The first kappa shape index (κ1) is 15.0. The van der Waals surface area contributed by atoms with E-state index in [2.05, 4.69) is 45.3 Å². The standard InChI is InChI=1S/C14H18BrN3O2/c1-4-16-9(2)12-6-5-11(15)7-13(12)19-8-14-18-17-10(3)20-14/h5-7,9,16H,4,8H2,1-3H3. The normalized spacial score (nSPS) is 12.4. The molecule has 0 fully saturated rings. The van der Waals surface area contributed by atoms with E-state index in [4.69, 9.17) is 9.15 Å². The van der Waals surface area contributed by atoms with Crippen molar-refractivity contribution in [2.24, 2.45) is 0 Å². The molecule has 0 amide bonds. The summed E-state index contributed by atoms with van der Waals surface area (Å²) in [6, 6.07) is 6.22. The van der Waals surface area contributed by atoms with Crippen LogP contribution in [0.1, 0.15) is 37.2 Å². The van der Waals surface area contributed by atoms with Crippen molar-refractivity contribution in [3.8, 4) is 5.75 Å². The van der Waals surface area contributed by atoms with Crippen molar-refractivity contribution in [1.82, 2.24) is 15.5 Å². The summed E-state index contributed by atoms with van der Waals surface area (Å²) in [7, 11) is 0. The van der Waals surface area contributed by atoms with Crippen LogP contribution in [0.25, 0.3) is 0 Å². The van der Waals surface area contributed by atoms with Gasteiger partial charge in [0.05, 0.1) is 0 Å². The molecule has 0 aliphatic heterocycles. The topological polar surface area (TPSA) is 60.2 Å². The van der Waals surface area contributed by atoms with Crippen molar-refractivity contribution >= 4 is 15.9 Å². The van der Waals surface area contributed by atoms with E-state index >= 15 is 0 Å². The first-order chi connectivity index (χ1) is 9.60. The van der Waals surface area contributed by atoms with Crippen molar-refractivity contribution in [2.45, 2.75) is 33.4 Å². The lowest BCUT2D eigenvalue weighted by molar-refractivity contribution is 0.256. The zero-order chi connectivity index (χ0) is 14.5. The summed E-state index contributed by atoms with van der Waals surface area (Å²) in [5.74, 6) is 1.83. The average Bonchev–Trinajstić information content (AvgIpc) is 2.82. The maximum absolute atomic E-state index is 5.82. The van der Waals surface area contributed by atoms with Crippen LogP contribution in [0.5, 0.6) is 5.75 Å². The molecule has 0 spiro atoms. The lowest BCUT2D eigenvalue weighted by Gasteiger charge is -2.17. The fourth-order valence-corrected chi connectivity index (χ4v) is 2.28. The number of nitrogens with one attached hydrogen (secondary N) is 1. The van der Waals surface area contributed by atoms with Gasteiger partial charge in [-0.05, 0) is 25.6 Å². The number of halogens is 1. The Morgan fingerprint density at radius 2 is 2.20 bits per heavy atom. The van der Waals surface area contributed by atoms with E-state index in [9.17, 15) is 0 Å². The lowest BCUT2D eigenvalue weighted by Crippen LogP contribution is -2.18. The molecular formula is C14H18BrN3O2. The van der Waals surface area contributed by atoms with Crippen LogP contribution in [0.15, 0.2) is 27.1 Å². The van der Waals surface area contributed by atoms with Gasteiger partial charge in [0, 0.05) is 23.0 Å². The molecule has 5 nitrogen and oxygen atoms in total. The highest BCUT2D eigenvalue weighted by atomic mass is 79.9. The molecule has 6 heteroatoms. The molecule has 20 heavy (non-hydrogen) atoms. The molecule has 1 aromatic heterocycles. The Kier molecular flexibility index (Phi) is 5.14. The van der Waals surface area contributed by atoms with Gasteiger partial charge >= 0.3 is 0 Å². The maximum atomic E-state index is 5.82. The second kappa shape index (κ2) is 6.85. The predicted molar refractivity (Wildman–Crippen MR) is 79.6 cm³/mol. The Morgan fingerprint density at radius 3 is 2.85 bits per heavy atom. The summed E-state index contributed by atoms with van der Waals surface area (Å²) in [4.78, 5) is 0. The number of benzene rings is 1. The molecule has 1 unspecified atom stereocenters. The zero-order valence-electron chi connectivity index (χ0n) is 11.8. The third kappa shape index (κ3) is 3.80. The van der Waals surface area contributed by atoms with E-state index in [0.717, 1.165) is 22.3 Å². The second-order valence-electron chi connectivity index (χ2n) is 4.47. The van der Waals surface area contributed by atoms with E-state index < -0.39 is 0 Å². The summed E-state index contributed by atoms with van der Waals surface area (Å²) in [5, 5.41) is 11.1. The minimum atomic E-state index is 0.215.